The maximum absolute atomic E-state index is 13.0. The van der Waals surface area contributed by atoms with Gasteiger partial charge in [-0.15, -0.1) is 0 Å². The van der Waals surface area contributed by atoms with Crippen molar-refractivity contribution in [1.82, 2.24) is 4.57 Å². The van der Waals surface area contributed by atoms with Gasteiger partial charge in [0.25, 0.3) is 5.91 Å². The van der Waals surface area contributed by atoms with Crippen LogP contribution >= 0.6 is 11.6 Å². The van der Waals surface area contributed by atoms with Crippen LogP contribution in [0.5, 0.6) is 5.75 Å². The molecule has 0 spiro atoms. The summed E-state index contributed by atoms with van der Waals surface area (Å²) in [5.74, 6) is -0.701. The lowest BCUT2D eigenvalue weighted by atomic mass is 10.2. The molecule has 3 rings (SSSR count). The number of phenols is 1. The van der Waals surface area contributed by atoms with Gasteiger partial charge in [-0.25, -0.2) is 4.39 Å². The molecule has 0 atom stereocenters. The molecule has 1 aromatic heterocycles. The molecule has 1 heterocycles. The second-order valence-electron chi connectivity index (χ2n) is 4.80. The zero-order chi connectivity index (χ0) is 15.1. The van der Waals surface area contributed by atoms with Crippen LogP contribution in [-0.4, -0.2) is 15.6 Å². The lowest BCUT2D eigenvalue weighted by Gasteiger charge is -2.07. The van der Waals surface area contributed by atoms with Crippen molar-refractivity contribution in [3.05, 3.63) is 64.6 Å². The molecular formula is C16H11ClFNO2. The summed E-state index contributed by atoms with van der Waals surface area (Å²) in [4.78, 5) is 12.6. The molecule has 1 N–H and O–H groups in total. The summed E-state index contributed by atoms with van der Waals surface area (Å²) in [6.45, 7) is 1.78. The first-order chi connectivity index (χ1) is 9.97. The molecule has 0 aliphatic carbocycles. The van der Waals surface area contributed by atoms with Crippen molar-refractivity contribution in [3.63, 3.8) is 0 Å². The minimum atomic E-state index is -0.395. The van der Waals surface area contributed by atoms with Crippen LogP contribution in [0.15, 0.2) is 42.5 Å². The van der Waals surface area contributed by atoms with Crippen LogP contribution in [0, 0.1) is 12.7 Å². The smallest absolute Gasteiger partial charge is 0.262 e. The SMILES string of the molecule is Cc1cc2cc(O)c(Cl)cc2n1C(=O)c1ccc(F)cc1. The molecule has 0 bridgehead atoms. The molecule has 0 saturated carbocycles. The molecule has 0 radical (unpaired) electrons. The van der Waals surface area contributed by atoms with E-state index in [4.69, 9.17) is 11.6 Å². The molecule has 3 aromatic rings. The number of aryl methyl sites for hydroxylation is 1. The van der Waals surface area contributed by atoms with E-state index < -0.39 is 5.82 Å². The van der Waals surface area contributed by atoms with Gasteiger partial charge in [-0.2, -0.15) is 0 Å². The van der Waals surface area contributed by atoms with Crippen molar-refractivity contribution in [2.75, 3.05) is 0 Å². The summed E-state index contributed by atoms with van der Waals surface area (Å²) in [6.07, 6.45) is 0. The fourth-order valence-electron chi connectivity index (χ4n) is 2.35. The average molecular weight is 304 g/mol. The number of carbonyl (C=O) groups excluding carboxylic acids is 1. The van der Waals surface area contributed by atoms with Gasteiger partial charge in [-0.05, 0) is 49.4 Å². The van der Waals surface area contributed by atoms with Crippen molar-refractivity contribution in [1.29, 1.82) is 0 Å². The Hall–Kier alpha value is -2.33. The van der Waals surface area contributed by atoms with Crippen molar-refractivity contribution < 1.29 is 14.3 Å². The van der Waals surface area contributed by atoms with E-state index in [0.717, 1.165) is 0 Å². The second-order valence-corrected chi connectivity index (χ2v) is 5.20. The predicted molar refractivity (Wildman–Crippen MR) is 79.5 cm³/mol. The van der Waals surface area contributed by atoms with Gasteiger partial charge in [0.15, 0.2) is 0 Å². The van der Waals surface area contributed by atoms with E-state index in [1.165, 1.54) is 34.9 Å². The zero-order valence-electron chi connectivity index (χ0n) is 11.1. The molecule has 5 heteroatoms. The summed E-state index contributed by atoms with van der Waals surface area (Å²) in [5, 5.41) is 10.5. The quantitative estimate of drug-likeness (QED) is 0.734. The van der Waals surface area contributed by atoms with Crippen LogP contribution < -0.4 is 0 Å². The average Bonchev–Trinajstić information content (AvgIpc) is 2.75. The number of halogens is 2. The number of phenolic OH excluding ortho intramolecular Hbond substituents is 1. The van der Waals surface area contributed by atoms with Crippen LogP contribution in [0.1, 0.15) is 16.1 Å². The molecule has 0 amide bonds. The highest BCUT2D eigenvalue weighted by atomic mass is 35.5. The minimum Gasteiger partial charge on any atom is -0.506 e. The summed E-state index contributed by atoms with van der Waals surface area (Å²) < 4.78 is 14.5. The van der Waals surface area contributed by atoms with E-state index in [1.807, 2.05) is 0 Å². The van der Waals surface area contributed by atoms with Gasteiger partial charge in [0.2, 0.25) is 0 Å². The van der Waals surface area contributed by atoms with Crippen LogP contribution in [0.3, 0.4) is 0 Å². The number of nitrogens with zero attached hydrogens (tertiary/aromatic N) is 1. The Morgan fingerprint density at radius 1 is 1.19 bits per heavy atom. The van der Waals surface area contributed by atoms with Crippen LogP contribution in [-0.2, 0) is 0 Å². The highest BCUT2D eigenvalue weighted by Crippen LogP contribution is 2.31. The summed E-state index contributed by atoms with van der Waals surface area (Å²) in [7, 11) is 0. The Morgan fingerprint density at radius 3 is 2.52 bits per heavy atom. The van der Waals surface area contributed by atoms with Gasteiger partial charge in [-0.3, -0.25) is 9.36 Å². The third kappa shape index (κ3) is 2.28. The molecule has 21 heavy (non-hydrogen) atoms. The first kappa shape index (κ1) is 13.6. The van der Waals surface area contributed by atoms with Gasteiger partial charge in [-0.1, -0.05) is 11.6 Å². The number of hydrogen-bond acceptors (Lipinski definition) is 2. The topological polar surface area (TPSA) is 42.2 Å². The molecule has 106 valence electrons. The van der Waals surface area contributed by atoms with E-state index >= 15 is 0 Å². The molecule has 2 aromatic carbocycles. The highest BCUT2D eigenvalue weighted by Gasteiger charge is 2.16. The Kier molecular flexibility index (Phi) is 3.18. The van der Waals surface area contributed by atoms with E-state index in [-0.39, 0.29) is 16.7 Å². The Balaban J connectivity index is 2.19. The fraction of sp³-hybridized carbons (Fsp3) is 0.0625. The number of benzene rings is 2. The third-order valence-corrected chi connectivity index (χ3v) is 3.65. The number of aromatic nitrogens is 1. The van der Waals surface area contributed by atoms with Crippen molar-refractivity contribution >= 4 is 28.4 Å². The largest absolute Gasteiger partial charge is 0.506 e. The second kappa shape index (κ2) is 4.90. The lowest BCUT2D eigenvalue weighted by Crippen LogP contribution is -2.13. The van der Waals surface area contributed by atoms with E-state index in [0.29, 0.717) is 22.2 Å². The number of rotatable bonds is 1. The zero-order valence-corrected chi connectivity index (χ0v) is 11.9. The van der Waals surface area contributed by atoms with Crippen molar-refractivity contribution in [2.45, 2.75) is 6.92 Å². The molecule has 0 unspecified atom stereocenters. The van der Waals surface area contributed by atoms with Gasteiger partial charge in [0.1, 0.15) is 11.6 Å². The lowest BCUT2D eigenvalue weighted by molar-refractivity contribution is 0.0963. The number of carbonyl (C=O) groups is 1. The maximum atomic E-state index is 13.0. The van der Waals surface area contributed by atoms with Crippen molar-refractivity contribution in [3.8, 4) is 5.75 Å². The Bertz CT molecular complexity index is 853. The maximum Gasteiger partial charge on any atom is 0.262 e. The van der Waals surface area contributed by atoms with E-state index in [1.54, 1.807) is 19.1 Å². The Morgan fingerprint density at radius 2 is 1.86 bits per heavy atom. The van der Waals surface area contributed by atoms with Crippen LogP contribution in [0.4, 0.5) is 4.39 Å². The van der Waals surface area contributed by atoms with E-state index in [2.05, 4.69) is 0 Å². The predicted octanol–water partition coefficient (Wildman–Crippen LogP) is 4.14. The number of hydrogen-bond donors (Lipinski definition) is 1. The standard InChI is InChI=1S/C16H11ClFNO2/c1-9-6-11-7-15(20)13(17)8-14(11)19(9)16(21)10-2-4-12(18)5-3-10/h2-8,20H,1H3. The van der Waals surface area contributed by atoms with Gasteiger partial charge in [0, 0.05) is 16.6 Å². The molecule has 0 aliphatic heterocycles. The number of fused-ring (bicyclic) bond motifs is 1. The first-order valence-electron chi connectivity index (χ1n) is 6.28. The summed E-state index contributed by atoms with van der Waals surface area (Å²) >= 11 is 5.92. The molecule has 0 aliphatic rings. The number of aromatic hydroxyl groups is 1. The highest BCUT2D eigenvalue weighted by molar-refractivity contribution is 6.32. The van der Waals surface area contributed by atoms with Crippen molar-refractivity contribution in [2.24, 2.45) is 0 Å². The van der Waals surface area contributed by atoms with Crippen LogP contribution in [0.2, 0.25) is 5.02 Å². The van der Waals surface area contributed by atoms with Gasteiger partial charge < -0.3 is 5.11 Å². The minimum absolute atomic E-state index is 0.0319. The summed E-state index contributed by atoms with van der Waals surface area (Å²) in [5.41, 5.74) is 1.69. The fourth-order valence-corrected chi connectivity index (χ4v) is 2.51. The first-order valence-corrected chi connectivity index (χ1v) is 6.66. The molecule has 3 nitrogen and oxygen atoms in total. The van der Waals surface area contributed by atoms with Gasteiger partial charge in [0.05, 0.1) is 10.5 Å². The molecule has 0 fully saturated rings. The normalized spacial score (nSPS) is 11.0. The molecular weight excluding hydrogens is 293 g/mol. The monoisotopic (exact) mass is 303 g/mol. The van der Waals surface area contributed by atoms with E-state index in [9.17, 15) is 14.3 Å². The Labute approximate surface area is 125 Å². The van der Waals surface area contributed by atoms with Gasteiger partial charge >= 0.3 is 0 Å². The van der Waals surface area contributed by atoms with Crippen LogP contribution in [0.25, 0.3) is 10.9 Å². The summed E-state index contributed by atoms with van der Waals surface area (Å²) in [6, 6.07) is 10.2. The molecule has 0 saturated heterocycles. The third-order valence-electron chi connectivity index (χ3n) is 3.35.